The lowest BCUT2D eigenvalue weighted by molar-refractivity contribution is 0.175. The van der Waals surface area contributed by atoms with Crippen LogP contribution in [0, 0.1) is 5.92 Å². The van der Waals surface area contributed by atoms with Crippen LogP contribution in [0.3, 0.4) is 0 Å². The Morgan fingerprint density at radius 3 is 2.54 bits per heavy atom. The predicted molar refractivity (Wildman–Crippen MR) is 99.4 cm³/mol. The average Bonchev–Trinajstić information content (AvgIpc) is 3.10. The minimum absolute atomic E-state index is 0.326. The molecule has 2 aromatic rings. The Hall–Kier alpha value is -1.65. The fraction of sp³-hybridized carbons (Fsp3) is 0.550. The number of hydrogen-bond acceptors (Lipinski definition) is 3. The summed E-state index contributed by atoms with van der Waals surface area (Å²) in [6.07, 6.45) is 6.32. The molecule has 0 saturated carbocycles. The molecule has 0 radical (unpaired) electrons. The van der Waals surface area contributed by atoms with E-state index in [1.54, 1.807) is 0 Å². The third kappa shape index (κ3) is 4.25. The van der Waals surface area contributed by atoms with Crippen molar-refractivity contribution < 1.29 is 0 Å². The van der Waals surface area contributed by atoms with Gasteiger partial charge in [0.2, 0.25) is 0 Å². The van der Waals surface area contributed by atoms with Crippen LogP contribution in [0.5, 0.6) is 0 Å². The largest absolute Gasteiger partial charge is 0.307 e. The highest BCUT2D eigenvalue weighted by Crippen LogP contribution is 2.23. The van der Waals surface area contributed by atoms with Gasteiger partial charge in [-0.05, 0) is 56.5 Å². The zero-order chi connectivity index (χ0) is 16.9. The van der Waals surface area contributed by atoms with Crippen molar-refractivity contribution in [2.45, 2.75) is 45.7 Å². The monoisotopic (exact) mass is 326 g/mol. The van der Waals surface area contributed by atoms with E-state index < -0.39 is 0 Å². The van der Waals surface area contributed by atoms with Crippen LogP contribution >= 0.6 is 0 Å². The van der Waals surface area contributed by atoms with Crippen LogP contribution < -0.4 is 5.32 Å². The highest BCUT2D eigenvalue weighted by molar-refractivity contribution is 5.42. The number of piperidine rings is 1. The van der Waals surface area contributed by atoms with Crippen molar-refractivity contribution >= 4 is 0 Å². The second-order valence-corrected chi connectivity index (χ2v) is 7.37. The molecule has 0 bridgehead atoms. The van der Waals surface area contributed by atoms with Crippen molar-refractivity contribution in [3.05, 3.63) is 48.3 Å². The second kappa shape index (κ2) is 7.95. The van der Waals surface area contributed by atoms with Crippen LogP contribution in [0.4, 0.5) is 0 Å². The van der Waals surface area contributed by atoms with Gasteiger partial charge < -0.3 is 10.2 Å². The zero-order valence-electron chi connectivity index (χ0n) is 15.2. The molecule has 0 spiro atoms. The lowest BCUT2D eigenvalue weighted by Crippen LogP contribution is -2.44. The Balaban J connectivity index is 1.61. The standard InChI is InChI=1S/C20H30N4/c1-16(2)15-23-13-9-18(10-14-23)22-17(3)19-7-4-5-8-20(19)24-12-6-11-21-24/h4-8,11-12,16-18,22H,9-10,13-15H2,1-3H3/t17-/m1/s1. The molecule has 0 amide bonds. The van der Waals surface area contributed by atoms with Gasteiger partial charge in [0, 0.05) is 31.0 Å². The first kappa shape index (κ1) is 17.2. The van der Waals surface area contributed by atoms with E-state index in [1.807, 2.05) is 23.1 Å². The molecule has 1 aliphatic heterocycles. The number of hydrogen-bond donors (Lipinski definition) is 1. The van der Waals surface area contributed by atoms with Gasteiger partial charge in [-0.2, -0.15) is 5.10 Å². The van der Waals surface area contributed by atoms with Crippen LogP contribution in [0.2, 0.25) is 0 Å². The lowest BCUT2D eigenvalue weighted by Gasteiger charge is -2.35. The van der Waals surface area contributed by atoms with E-state index in [2.05, 4.69) is 60.4 Å². The molecule has 1 atom stereocenters. The molecule has 4 nitrogen and oxygen atoms in total. The van der Waals surface area contributed by atoms with Crippen molar-refractivity contribution in [1.82, 2.24) is 20.0 Å². The Morgan fingerprint density at radius 1 is 1.12 bits per heavy atom. The molecule has 1 aliphatic rings. The van der Waals surface area contributed by atoms with Crippen molar-refractivity contribution in [2.75, 3.05) is 19.6 Å². The van der Waals surface area contributed by atoms with Gasteiger partial charge in [0.25, 0.3) is 0 Å². The third-order valence-electron chi connectivity index (χ3n) is 4.85. The molecular weight excluding hydrogens is 296 g/mol. The highest BCUT2D eigenvalue weighted by atomic mass is 15.3. The van der Waals surface area contributed by atoms with Gasteiger partial charge in [0.1, 0.15) is 0 Å². The summed E-state index contributed by atoms with van der Waals surface area (Å²) in [7, 11) is 0. The van der Waals surface area contributed by atoms with E-state index in [0.29, 0.717) is 12.1 Å². The SMILES string of the molecule is CC(C)CN1CCC(N[C@H](C)c2ccccc2-n2cccn2)CC1. The van der Waals surface area contributed by atoms with Crippen LogP contribution in [0.1, 0.15) is 45.2 Å². The number of nitrogens with zero attached hydrogens (tertiary/aromatic N) is 3. The maximum absolute atomic E-state index is 4.40. The van der Waals surface area contributed by atoms with Gasteiger partial charge in [-0.1, -0.05) is 32.0 Å². The third-order valence-corrected chi connectivity index (χ3v) is 4.85. The smallest absolute Gasteiger partial charge is 0.0693 e. The summed E-state index contributed by atoms with van der Waals surface area (Å²) in [4.78, 5) is 2.60. The normalized spacial score (nSPS) is 18.2. The van der Waals surface area contributed by atoms with Crippen LogP contribution in [0.15, 0.2) is 42.7 Å². The van der Waals surface area contributed by atoms with E-state index in [-0.39, 0.29) is 0 Å². The van der Waals surface area contributed by atoms with Crippen LogP contribution in [-0.2, 0) is 0 Å². The molecule has 1 saturated heterocycles. The van der Waals surface area contributed by atoms with Crippen LogP contribution in [-0.4, -0.2) is 40.4 Å². The number of rotatable bonds is 6. The molecule has 1 fully saturated rings. The molecule has 1 aromatic carbocycles. The Morgan fingerprint density at radius 2 is 1.88 bits per heavy atom. The molecule has 130 valence electrons. The molecule has 1 N–H and O–H groups in total. The first-order chi connectivity index (χ1) is 11.6. The number of aromatic nitrogens is 2. The minimum Gasteiger partial charge on any atom is -0.307 e. The predicted octanol–water partition coefficient (Wildman–Crippen LogP) is 3.64. The maximum Gasteiger partial charge on any atom is 0.0693 e. The quantitative estimate of drug-likeness (QED) is 0.880. The number of nitrogens with one attached hydrogen (secondary N) is 1. The molecule has 0 unspecified atom stereocenters. The van der Waals surface area contributed by atoms with Crippen molar-refractivity contribution in [3.63, 3.8) is 0 Å². The van der Waals surface area contributed by atoms with E-state index in [4.69, 9.17) is 0 Å². The molecule has 0 aliphatic carbocycles. The lowest BCUT2D eigenvalue weighted by atomic mass is 10.00. The number of benzene rings is 1. The summed E-state index contributed by atoms with van der Waals surface area (Å²) < 4.78 is 1.96. The minimum atomic E-state index is 0.326. The summed E-state index contributed by atoms with van der Waals surface area (Å²) in [5.41, 5.74) is 2.48. The Kier molecular flexibility index (Phi) is 5.69. The average molecular weight is 326 g/mol. The number of likely N-dealkylation sites (tertiary alicyclic amines) is 1. The first-order valence-electron chi connectivity index (χ1n) is 9.21. The van der Waals surface area contributed by atoms with Gasteiger partial charge in [-0.25, -0.2) is 4.68 Å². The van der Waals surface area contributed by atoms with Crippen molar-refractivity contribution in [3.8, 4) is 5.69 Å². The maximum atomic E-state index is 4.40. The molecular formula is C20H30N4. The number of para-hydroxylation sites is 1. The molecule has 2 heterocycles. The Labute approximate surface area is 145 Å². The highest BCUT2D eigenvalue weighted by Gasteiger charge is 2.22. The second-order valence-electron chi connectivity index (χ2n) is 7.37. The zero-order valence-corrected chi connectivity index (χ0v) is 15.2. The summed E-state index contributed by atoms with van der Waals surface area (Å²) >= 11 is 0. The van der Waals surface area contributed by atoms with E-state index in [9.17, 15) is 0 Å². The molecule has 1 aromatic heterocycles. The summed E-state index contributed by atoms with van der Waals surface area (Å²) in [5.74, 6) is 0.759. The topological polar surface area (TPSA) is 33.1 Å². The summed E-state index contributed by atoms with van der Waals surface area (Å²) in [5, 5.41) is 8.24. The first-order valence-corrected chi connectivity index (χ1v) is 9.21. The Bertz CT molecular complexity index is 612. The van der Waals surface area contributed by atoms with Crippen molar-refractivity contribution in [2.24, 2.45) is 5.92 Å². The van der Waals surface area contributed by atoms with Gasteiger partial charge in [0.05, 0.1) is 5.69 Å². The fourth-order valence-corrected chi connectivity index (χ4v) is 3.72. The van der Waals surface area contributed by atoms with Crippen molar-refractivity contribution in [1.29, 1.82) is 0 Å². The van der Waals surface area contributed by atoms with Crippen LogP contribution in [0.25, 0.3) is 5.69 Å². The van der Waals surface area contributed by atoms with Gasteiger partial charge in [-0.3, -0.25) is 0 Å². The molecule has 4 heteroatoms. The van der Waals surface area contributed by atoms with E-state index in [1.165, 1.54) is 43.7 Å². The van der Waals surface area contributed by atoms with E-state index >= 15 is 0 Å². The van der Waals surface area contributed by atoms with Gasteiger partial charge in [0.15, 0.2) is 0 Å². The molecule has 24 heavy (non-hydrogen) atoms. The van der Waals surface area contributed by atoms with E-state index in [0.717, 1.165) is 5.92 Å². The van der Waals surface area contributed by atoms with Gasteiger partial charge >= 0.3 is 0 Å². The van der Waals surface area contributed by atoms with Gasteiger partial charge in [-0.15, -0.1) is 0 Å². The summed E-state index contributed by atoms with van der Waals surface area (Å²) in [6, 6.07) is 11.5. The molecule has 3 rings (SSSR count). The fourth-order valence-electron chi connectivity index (χ4n) is 3.72. The summed E-state index contributed by atoms with van der Waals surface area (Å²) in [6.45, 7) is 10.5.